The molecule has 0 spiro atoms. The number of rotatable bonds is 6. The van der Waals surface area contributed by atoms with Gasteiger partial charge < -0.3 is 9.84 Å². The number of amides is 1. The molecule has 31 heavy (non-hydrogen) atoms. The van der Waals surface area contributed by atoms with Gasteiger partial charge in [0.1, 0.15) is 0 Å². The van der Waals surface area contributed by atoms with E-state index in [9.17, 15) is 4.79 Å². The maximum atomic E-state index is 12.7. The summed E-state index contributed by atoms with van der Waals surface area (Å²) in [5.41, 5.74) is 3.92. The number of nitrogens with one attached hydrogen (secondary N) is 1. The van der Waals surface area contributed by atoms with Crippen molar-refractivity contribution >= 4 is 17.2 Å². The standard InChI is InChI=1S/C24H18N4O2S/c29-24(20-14-21(30-27-20)22-12-7-13-31-22)25-15-18-16-28(19-10-5-2-6-11-19)26-23(18)17-8-3-1-4-9-17/h1-14,16H,15H2,(H,25,29). The van der Waals surface area contributed by atoms with Gasteiger partial charge in [0.2, 0.25) is 0 Å². The lowest BCUT2D eigenvalue weighted by Crippen LogP contribution is -2.23. The highest BCUT2D eigenvalue weighted by Gasteiger charge is 2.17. The van der Waals surface area contributed by atoms with E-state index in [2.05, 4.69) is 10.5 Å². The third kappa shape index (κ3) is 4.04. The van der Waals surface area contributed by atoms with Crippen molar-refractivity contribution in [2.24, 2.45) is 0 Å². The zero-order chi connectivity index (χ0) is 21.0. The minimum atomic E-state index is -0.293. The van der Waals surface area contributed by atoms with E-state index in [1.807, 2.05) is 89.1 Å². The predicted octanol–water partition coefficient (Wildman–Crippen LogP) is 5.19. The summed E-state index contributed by atoms with van der Waals surface area (Å²) in [5.74, 6) is 0.292. The number of carbonyl (C=O) groups is 1. The molecule has 0 atom stereocenters. The molecule has 3 heterocycles. The second-order valence-electron chi connectivity index (χ2n) is 6.89. The van der Waals surface area contributed by atoms with E-state index in [0.717, 1.165) is 27.4 Å². The summed E-state index contributed by atoms with van der Waals surface area (Å²) in [6, 6.07) is 25.3. The van der Waals surface area contributed by atoms with Crippen LogP contribution in [0.1, 0.15) is 16.1 Å². The molecule has 2 aromatic carbocycles. The van der Waals surface area contributed by atoms with Crippen molar-refractivity contribution in [3.05, 3.63) is 102 Å². The quantitative estimate of drug-likeness (QED) is 0.406. The van der Waals surface area contributed by atoms with E-state index in [4.69, 9.17) is 9.62 Å². The Bertz CT molecular complexity index is 1290. The third-order valence-electron chi connectivity index (χ3n) is 4.80. The average molecular weight is 427 g/mol. The van der Waals surface area contributed by atoms with Gasteiger partial charge in [-0.2, -0.15) is 5.10 Å². The fourth-order valence-electron chi connectivity index (χ4n) is 3.27. The number of thiophene rings is 1. The predicted molar refractivity (Wildman–Crippen MR) is 120 cm³/mol. The van der Waals surface area contributed by atoms with E-state index >= 15 is 0 Å². The Morgan fingerprint density at radius 1 is 1.00 bits per heavy atom. The molecule has 1 amide bonds. The average Bonchev–Trinajstić information content (AvgIpc) is 3.59. The maximum absolute atomic E-state index is 12.7. The van der Waals surface area contributed by atoms with Crippen LogP contribution in [0.4, 0.5) is 0 Å². The minimum Gasteiger partial charge on any atom is -0.355 e. The number of hydrogen-bond acceptors (Lipinski definition) is 5. The number of nitrogens with zero attached hydrogens (tertiary/aromatic N) is 3. The maximum Gasteiger partial charge on any atom is 0.273 e. The lowest BCUT2D eigenvalue weighted by molar-refractivity contribution is 0.0942. The molecule has 152 valence electrons. The molecule has 0 saturated heterocycles. The summed E-state index contributed by atoms with van der Waals surface area (Å²) < 4.78 is 7.15. The van der Waals surface area contributed by atoms with Crippen LogP contribution >= 0.6 is 11.3 Å². The molecule has 5 rings (SSSR count). The first-order chi connectivity index (χ1) is 15.3. The Morgan fingerprint density at radius 2 is 1.77 bits per heavy atom. The van der Waals surface area contributed by atoms with Gasteiger partial charge in [-0.3, -0.25) is 4.79 Å². The van der Waals surface area contributed by atoms with Crippen molar-refractivity contribution in [2.45, 2.75) is 6.54 Å². The van der Waals surface area contributed by atoms with Gasteiger partial charge in [0.05, 0.1) is 16.3 Å². The largest absolute Gasteiger partial charge is 0.355 e. The zero-order valence-electron chi connectivity index (χ0n) is 16.4. The molecule has 0 radical (unpaired) electrons. The Hall–Kier alpha value is -3.97. The van der Waals surface area contributed by atoms with Crippen LogP contribution < -0.4 is 5.32 Å². The SMILES string of the molecule is O=C(NCc1cn(-c2ccccc2)nc1-c1ccccc1)c1cc(-c2cccs2)on1. The number of carbonyl (C=O) groups excluding carboxylic acids is 1. The molecule has 0 saturated carbocycles. The summed E-state index contributed by atoms with van der Waals surface area (Å²) in [5, 5.41) is 13.6. The zero-order valence-corrected chi connectivity index (χ0v) is 17.3. The van der Waals surface area contributed by atoms with Crippen molar-refractivity contribution in [2.75, 3.05) is 0 Å². The second kappa shape index (κ2) is 8.41. The van der Waals surface area contributed by atoms with Gasteiger partial charge in [-0.05, 0) is 23.6 Å². The topological polar surface area (TPSA) is 73.0 Å². The summed E-state index contributed by atoms with van der Waals surface area (Å²) in [4.78, 5) is 13.6. The van der Waals surface area contributed by atoms with Crippen LogP contribution in [0.5, 0.6) is 0 Å². The van der Waals surface area contributed by atoms with E-state index in [1.54, 1.807) is 6.07 Å². The van der Waals surface area contributed by atoms with Crippen LogP contribution in [0.25, 0.3) is 27.6 Å². The molecule has 0 aliphatic rings. The third-order valence-corrected chi connectivity index (χ3v) is 5.69. The molecular formula is C24H18N4O2S. The molecule has 0 unspecified atom stereocenters. The molecule has 0 bridgehead atoms. The van der Waals surface area contributed by atoms with E-state index in [-0.39, 0.29) is 11.6 Å². The molecule has 7 heteroatoms. The van der Waals surface area contributed by atoms with Crippen molar-refractivity contribution < 1.29 is 9.32 Å². The summed E-state index contributed by atoms with van der Waals surface area (Å²) in [7, 11) is 0. The first-order valence-corrected chi connectivity index (χ1v) is 10.6. The Kier molecular flexibility index (Phi) is 5.16. The van der Waals surface area contributed by atoms with Crippen molar-refractivity contribution in [1.29, 1.82) is 0 Å². The lowest BCUT2D eigenvalue weighted by atomic mass is 10.1. The van der Waals surface area contributed by atoms with Gasteiger partial charge in [0.25, 0.3) is 5.91 Å². The highest BCUT2D eigenvalue weighted by Crippen LogP contribution is 2.26. The van der Waals surface area contributed by atoms with Crippen LogP contribution in [0.3, 0.4) is 0 Å². The number of aromatic nitrogens is 3. The van der Waals surface area contributed by atoms with E-state index in [1.165, 1.54) is 11.3 Å². The summed E-state index contributed by atoms with van der Waals surface area (Å²) >= 11 is 1.54. The highest BCUT2D eigenvalue weighted by molar-refractivity contribution is 7.13. The van der Waals surface area contributed by atoms with Crippen LogP contribution in [0.2, 0.25) is 0 Å². The van der Waals surface area contributed by atoms with Gasteiger partial charge in [0, 0.05) is 29.9 Å². The van der Waals surface area contributed by atoms with Crippen LogP contribution in [0, 0.1) is 0 Å². The second-order valence-corrected chi connectivity index (χ2v) is 7.83. The first-order valence-electron chi connectivity index (χ1n) is 9.76. The van der Waals surface area contributed by atoms with Gasteiger partial charge >= 0.3 is 0 Å². The van der Waals surface area contributed by atoms with Crippen LogP contribution in [0.15, 0.2) is 95.0 Å². The minimum absolute atomic E-state index is 0.250. The molecule has 1 N–H and O–H groups in total. The molecule has 0 aliphatic heterocycles. The van der Waals surface area contributed by atoms with Gasteiger partial charge in [-0.15, -0.1) is 11.3 Å². The molecule has 6 nitrogen and oxygen atoms in total. The molecule has 3 aromatic heterocycles. The number of hydrogen-bond donors (Lipinski definition) is 1. The molecule has 0 fully saturated rings. The first kappa shape index (κ1) is 19.0. The Labute approximate surface area is 182 Å². The van der Waals surface area contributed by atoms with Crippen molar-refractivity contribution in [1.82, 2.24) is 20.3 Å². The van der Waals surface area contributed by atoms with Gasteiger partial charge in [-0.25, -0.2) is 4.68 Å². The van der Waals surface area contributed by atoms with Crippen LogP contribution in [-0.4, -0.2) is 20.8 Å². The molecule has 5 aromatic rings. The highest BCUT2D eigenvalue weighted by atomic mass is 32.1. The van der Waals surface area contributed by atoms with E-state index < -0.39 is 0 Å². The summed E-state index contributed by atoms with van der Waals surface area (Å²) in [6.45, 7) is 0.317. The van der Waals surface area contributed by atoms with Gasteiger partial charge in [-0.1, -0.05) is 59.8 Å². The smallest absolute Gasteiger partial charge is 0.273 e. The Balaban J connectivity index is 1.39. The number of benzene rings is 2. The monoisotopic (exact) mass is 426 g/mol. The van der Waals surface area contributed by atoms with Crippen molar-refractivity contribution in [3.8, 4) is 27.6 Å². The van der Waals surface area contributed by atoms with Crippen molar-refractivity contribution in [3.63, 3.8) is 0 Å². The molecule has 0 aliphatic carbocycles. The van der Waals surface area contributed by atoms with E-state index in [0.29, 0.717) is 12.3 Å². The lowest BCUT2D eigenvalue weighted by Gasteiger charge is -2.03. The van der Waals surface area contributed by atoms with Crippen LogP contribution in [-0.2, 0) is 6.54 Å². The molecular weight excluding hydrogens is 408 g/mol. The fraction of sp³-hybridized carbons (Fsp3) is 0.0417. The summed E-state index contributed by atoms with van der Waals surface area (Å²) in [6.07, 6.45) is 1.94. The van der Waals surface area contributed by atoms with Gasteiger partial charge in [0.15, 0.2) is 11.5 Å². The fourth-order valence-corrected chi connectivity index (χ4v) is 3.95. The normalized spacial score (nSPS) is 10.8. The number of para-hydroxylation sites is 1. The Morgan fingerprint density at radius 3 is 2.52 bits per heavy atom.